The smallest absolute Gasteiger partial charge is 0.236 e. The van der Waals surface area contributed by atoms with Crippen molar-refractivity contribution < 1.29 is 9.18 Å². The van der Waals surface area contributed by atoms with Gasteiger partial charge in [-0.1, -0.05) is 11.6 Å². The van der Waals surface area contributed by atoms with Crippen molar-refractivity contribution in [3.63, 3.8) is 0 Å². The lowest BCUT2D eigenvalue weighted by Gasteiger charge is -1.98. The van der Waals surface area contributed by atoms with E-state index in [1.54, 1.807) is 6.92 Å². The topological polar surface area (TPSA) is 17.1 Å². The van der Waals surface area contributed by atoms with Gasteiger partial charge in [0.05, 0.1) is 5.56 Å². The fourth-order valence-electron chi connectivity index (χ4n) is 0.735. The SMILES string of the molecule is Cc1cc([C]=O)c(F)cc1Cl. The molecule has 0 aliphatic rings. The zero-order chi connectivity index (χ0) is 8.43. The quantitative estimate of drug-likeness (QED) is 0.634. The van der Waals surface area contributed by atoms with E-state index in [1.165, 1.54) is 12.4 Å². The third-order valence-corrected chi connectivity index (χ3v) is 1.77. The fraction of sp³-hybridized carbons (Fsp3) is 0.125. The Hall–Kier alpha value is -0.890. The molecule has 0 N–H and O–H groups in total. The molecule has 0 spiro atoms. The van der Waals surface area contributed by atoms with Crippen LogP contribution >= 0.6 is 11.6 Å². The van der Waals surface area contributed by atoms with E-state index in [0.29, 0.717) is 10.6 Å². The molecule has 0 aliphatic heterocycles. The second-order valence-corrected chi connectivity index (χ2v) is 2.59. The zero-order valence-corrected chi connectivity index (χ0v) is 6.57. The highest BCUT2D eigenvalue weighted by Crippen LogP contribution is 2.18. The minimum atomic E-state index is -0.629. The fourth-order valence-corrected chi connectivity index (χ4v) is 0.886. The number of hydrogen-bond acceptors (Lipinski definition) is 1. The van der Waals surface area contributed by atoms with Crippen molar-refractivity contribution in [2.75, 3.05) is 0 Å². The molecule has 0 bridgehead atoms. The van der Waals surface area contributed by atoms with E-state index in [1.807, 2.05) is 0 Å². The highest BCUT2D eigenvalue weighted by molar-refractivity contribution is 6.31. The number of carbonyl (C=O) groups excluding carboxylic acids is 1. The molecule has 1 rings (SSSR count). The molecule has 11 heavy (non-hydrogen) atoms. The lowest BCUT2D eigenvalue weighted by molar-refractivity contribution is 0.556. The summed E-state index contributed by atoms with van der Waals surface area (Å²) >= 11 is 5.57. The first-order chi connectivity index (χ1) is 5.15. The number of rotatable bonds is 1. The Balaban J connectivity index is 3.31. The van der Waals surface area contributed by atoms with E-state index in [2.05, 4.69) is 0 Å². The molecule has 0 atom stereocenters. The van der Waals surface area contributed by atoms with E-state index >= 15 is 0 Å². The summed E-state index contributed by atoms with van der Waals surface area (Å²) in [5.74, 6) is -0.629. The van der Waals surface area contributed by atoms with Crippen LogP contribution < -0.4 is 0 Å². The van der Waals surface area contributed by atoms with E-state index in [0.717, 1.165) is 6.07 Å². The van der Waals surface area contributed by atoms with Gasteiger partial charge in [-0.15, -0.1) is 0 Å². The lowest BCUT2D eigenvalue weighted by Crippen LogP contribution is -1.89. The van der Waals surface area contributed by atoms with Gasteiger partial charge in [0.15, 0.2) is 0 Å². The second kappa shape index (κ2) is 3.01. The van der Waals surface area contributed by atoms with Crippen molar-refractivity contribution in [1.82, 2.24) is 0 Å². The standard InChI is InChI=1S/C8H5ClFO/c1-5-2-6(4-11)8(10)3-7(5)9/h2-3H,1H3. The maximum absolute atomic E-state index is 12.7. The first-order valence-corrected chi connectivity index (χ1v) is 3.36. The molecule has 1 aromatic carbocycles. The summed E-state index contributed by atoms with van der Waals surface area (Å²) in [6.45, 7) is 1.70. The molecule has 0 heterocycles. The van der Waals surface area contributed by atoms with E-state index < -0.39 is 5.82 Å². The van der Waals surface area contributed by atoms with Crippen LogP contribution in [-0.4, -0.2) is 6.29 Å². The Labute approximate surface area is 68.8 Å². The van der Waals surface area contributed by atoms with Crippen LogP contribution in [0.2, 0.25) is 5.02 Å². The molecule has 0 aliphatic carbocycles. The first-order valence-electron chi connectivity index (χ1n) is 2.99. The van der Waals surface area contributed by atoms with Gasteiger partial charge in [0, 0.05) is 5.02 Å². The Morgan fingerprint density at radius 1 is 1.55 bits per heavy atom. The molecule has 0 amide bonds. The minimum absolute atomic E-state index is 0.0769. The van der Waals surface area contributed by atoms with Crippen molar-refractivity contribution in [2.24, 2.45) is 0 Å². The summed E-state index contributed by atoms with van der Waals surface area (Å²) in [5.41, 5.74) is 0.596. The molecule has 0 fully saturated rings. The van der Waals surface area contributed by atoms with Crippen LogP contribution in [-0.2, 0) is 4.79 Å². The van der Waals surface area contributed by atoms with Crippen LogP contribution in [0.4, 0.5) is 4.39 Å². The van der Waals surface area contributed by atoms with Gasteiger partial charge in [-0.05, 0) is 24.6 Å². The van der Waals surface area contributed by atoms with Gasteiger partial charge in [-0.3, -0.25) is 4.79 Å². The van der Waals surface area contributed by atoms with Crippen LogP contribution in [0.3, 0.4) is 0 Å². The van der Waals surface area contributed by atoms with Crippen LogP contribution in [0.5, 0.6) is 0 Å². The molecule has 0 unspecified atom stereocenters. The number of benzene rings is 1. The summed E-state index contributed by atoms with van der Waals surface area (Å²) in [6, 6.07) is 2.47. The number of hydrogen-bond donors (Lipinski definition) is 0. The molecule has 57 valence electrons. The highest BCUT2D eigenvalue weighted by Gasteiger charge is 2.04. The van der Waals surface area contributed by atoms with Crippen molar-refractivity contribution >= 4 is 17.9 Å². The molecule has 1 nitrogen and oxygen atoms in total. The number of halogens is 2. The molecule has 0 saturated carbocycles. The van der Waals surface area contributed by atoms with Crippen molar-refractivity contribution in [1.29, 1.82) is 0 Å². The van der Waals surface area contributed by atoms with Gasteiger partial charge in [0.25, 0.3) is 0 Å². The summed E-state index contributed by atoms with van der Waals surface area (Å²) < 4.78 is 12.7. The van der Waals surface area contributed by atoms with Crippen LogP contribution in [0, 0.1) is 12.7 Å². The van der Waals surface area contributed by atoms with E-state index in [9.17, 15) is 9.18 Å². The molecule has 3 heteroatoms. The summed E-state index contributed by atoms with van der Waals surface area (Å²) in [5, 5.41) is 0.321. The third-order valence-electron chi connectivity index (χ3n) is 1.36. The van der Waals surface area contributed by atoms with Gasteiger partial charge in [-0.25, -0.2) is 4.39 Å². The first kappa shape index (κ1) is 8.21. The van der Waals surface area contributed by atoms with Crippen LogP contribution in [0.25, 0.3) is 0 Å². The maximum Gasteiger partial charge on any atom is 0.236 e. The maximum atomic E-state index is 12.7. The largest absolute Gasteiger partial charge is 0.285 e. The molecular weight excluding hydrogens is 167 g/mol. The van der Waals surface area contributed by atoms with Gasteiger partial charge >= 0.3 is 0 Å². The monoisotopic (exact) mass is 171 g/mol. The average Bonchev–Trinajstić information content (AvgIpc) is 1.97. The van der Waals surface area contributed by atoms with Crippen molar-refractivity contribution in [2.45, 2.75) is 6.92 Å². The zero-order valence-electron chi connectivity index (χ0n) is 5.82. The van der Waals surface area contributed by atoms with Crippen LogP contribution in [0.15, 0.2) is 12.1 Å². The number of aryl methyl sites for hydroxylation is 1. The van der Waals surface area contributed by atoms with Gasteiger partial charge in [-0.2, -0.15) is 0 Å². The predicted molar refractivity (Wildman–Crippen MR) is 40.9 cm³/mol. The Bertz CT molecular complexity index is 296. The lowest BCUT2D eigenvalue weighted by atomic mass is 10.1. The Morgan fingerprint density at radius 3 is 2.73 bits per heavy atom. The third kappa shape index (κ3) is 1.57. The Morgan fingerprint density at radius 2 is 2.18 bits per heavy atom. The van der Waals surface area contributed by atoms with Gasteiger partial charge < -0.3 is 0 Å². The summed E-state index contributed by atoms with van der Waals surface area (Å²) in [6.07, 6.45) is 1.48. The summed E-state index contributed by atoms with van der Waals surface area (Å²) in [4.78, 5) is 10.1. The van der Waals surface area contributed by atoms with Gasteiger partial charge in [0.1, 0.15) is 5.82 Å². The average molecular weight is 172 g/mol. The van der Waals surface area contributed by atoms with Crippen molar-refractivity contribution in [3.8, 4) is 0 Å². The molecular formula is C8H5ClFO. The highest BCUT2D eigenvalue weighted by atomic mass is 35.5. The second-order valence-electron chi connectivity index (χ2n) is 2.18. The van der Waals surface area contributed by atoms with E-state index in [-0.39, 0.29) is 5.56 Å². The van der Waals surface area contributed by atoms with Crippen molar-refractivity contribution in [3.05, 3.63) is 34.1 Å². The summed E-state index contributed by atoms with van der Waals surface area (Å²) in [7, 11) is 0. The van der Waals surface area contributed by atoms with Gasteiger partial charge in [0.2, 0.25) is 6.29 Å². The molecule has 1 aromatic rings. The molecule has 0 saturated heterocycles. The minimum Gasteiger partial charge on any atom is -0.285 e. The molecule has 0 aromatic heterocycles. The molecule has 1 radical (unpaired) electrons. The van der Waals surface area contributed by atoms with E-state index in [4.69, 9.17) is 11.6 Å². The Kier molecular flexibility index (Phi) is 2.25. The predicted octanol–water partition coefficient (Wildman–Crippen LogP) is 2.25. The van der Waals surface area contributed by atoms with Crippen LogP contribution in [0.1, 0.15) is 11.1 Å². The normalized spacial score (nSPS) is 9.73.